The number of piperidine rings is 1. The van der Waals surface area contributed by atoms with Gasteiger partial charge in [0.2, 0.25) is 0 Å². The van der Waals surface area contributed by atoms with E-state index in [4.69, 9.17) is 0 Å². The molecule has 1 aliphatic heterocycles. The lowest BCUT2D eigenvalue weighted by molar-refractivity contribution is 0.197. The van der Waals surface area contributed by atoms with Gasteiger partial charge in [0, 0.05) is 18.8 Å². The summed E-state index contributed by atoms with van der Waals surface area (Å²) in [7, 11) is 0. The average Bonchev–Trinajstić information content (AvgIpc) is 2.44. The van der Waals surface area contributed by atoms with Gasteiger partial charge in [-0.15, -0.1) is 0 Å². The van der Waals surface area contributed by atoms with E-state index < -0.39 is 5.54 Å². The standard InChI is InChI=1S/C15H20FN3/c1-2-9-19-10-7-15(12-17,8-11-19)18-14-5-3-13(16)4-6-14/h3-6,18H,2,7-11H2,1H3. The smallest absolute Gasteiger partial charge is 0.127 e. The van der Waals surface area contributed by atoms with Crippen molar-refractivity contribution in [3.05, 3.63) is 30.1 Å². The summed E-state index contributed by atoms with van der Waals surface area (Å²) in [5, 5.41) is 12.7. The van der Waals surface area contributed by atoms with Crippen LogP contribution in [0.2, 0.25) is 0 Å². The van der Waals surface area contributed by atoms with Crippen molar-refractivity contribution < 1.29 is 4.39 Å². The van der Waals surface area contributed by atoms with Gasteiger partial charge in [0.05, 0.1) is 6.07 Å². The summed E-state index contributed by atoms with van der Waals surface area (Å²) in [6.45, 7) is 5.15. The molecule has 0 saturated carbocycles. The molecular formula is C15H20FN3. The van der Waals surface area contributed by atoms with E-state index in [2.05, 4.69) is 23.2 Å². The van der Waals surface area contributed by atoms with Gasteiger partial charge in [-0.3, -0.25) is 0 Å². The number of rotatable bonds is 4. The molecule has 4 heteroatoms. The van der Waals surface area contributed by atoms with Gasteiger partial charge < -0.3 is 10.2 Å². The van der Waals surface area contributed by atoms with Gasteiger partial charge in [0.25, 0.3) is 0 Å². The maximum Gasteiger partial charge on any atom is 0.127 e. The number of hydrogen-bond donors (Lipinski definition) is 1. The molecule has 0 unspecified atom stereocenters. The van der Waals surface area contributed by atoms with Crippen LogP contribution in [0.15, 0.2) is 24.3 Å². The first-order valence-electron chi connectivity index (χ1n) is 6.85. The fourth-order valence-electron chi connectivity index (χ4n) is 2.55. The van der Waals surface area contributed by atoms with Crippen LogP contribution in [0, 0.1) is 17.1 Å². The zero-order valence-corrected chi connectivity index (χ0v) is 11.3. The van der Waals surface area contributed by atoms with E-state index in [-0.39, 0.29) is 5.82 Å². The summed E-state index contributed by atoms with van der Waals surface area (Å²) in [5.74, 6) is -0.255. The summed E-state index contributed by atoms with van der Waals surface area (Å²) in [6, 6.07) is 8.62. The molecule has 0 bridgehead atoms. The van der Waals surface area contributed by atoms with E-state index in [0.29, 0.717) is 0 Å². The highest BCUT2D eigenvalue weighted by molar-refractivity contribution is 5.47. The molecule has 1 saturated heterocycles. The normalized spacial score (nSPS) is 18.8. The molecule has 0 atom stereocenters. The molecule has 1 aromatic carbocycles. The van der Waals surface area contributed by atoms with E-state index >= 15 is 0 Å². The maximum atomic E-state index is 12.9. The number of benzene rings is 1. The van der Waals surface area contributed by atoms with Crippen molar-refractivity contribution >= 4 is 5.69 Å². The summed E-state index contributed by atoms with van der Waals surface area (Å²) in [6.07, 6.45) is 2.76. The molecule has 2 rings (SSSR count). The van der Waals surface area contributed by atoms with Gasteiger partial charge >= 0.3 is 0 Å². The highest BCUT2D eigenvalue weighted by Crippen LogP contribution is 2.26. The Hall–Kier alpha value is -1.60. The van der Waals surface area contributed by atoms with Crippen LogP contribution in [0.3, 0.4) is 0 Å². The Morgan fingerprint density at radius 2 is 1.95 bits per heavy atom. The summed E-state index contributed by atoms with van der Waals surface area (Å²) < 4.78 is 12.9. The largest absolute Gasteiger partial charge is 0.367 e. The molecule has 1 fully saturated rings. The van der Waals surface area contributed by atoms with Crippen molar-refractivity contribution in [3.63, 3.8) is 0 Å². The van der Waals surface area contributed by atoms with Crippen LogP contribution in [0.25, 0.3) is 0 Å². The zero-order chi connectivity index (χ0) is 13.7. The Kier molecular flexibility index (Phi) is 4.39. The molecule has 0 aliphatic carbocycles. The highest BCUT2D eigenvalue weighted by Gasteiger charge is 2.34. The van der Waals surface area contributed by atoms with Crippen LogP contribution in [0.4, 0.5) is 10.1 Å². The molecule has 0 aromatic heterocycles. The van der Waals surface area contributed by atoms with Gasteiger partial charge in [-0.25, -0.2) is 4.39 Å². The second-order valence-corrected chi connectivity index (χ2v) is 5.17. The summed E-state index contributed by atoms with van der Waals surface area (Å²) in [5.41, 5.74) is 0.300. The fraction of sp³-hybridized carbons (Fsp3) is 0.533. The molecule has 1 aliphatic rings. The van der Waals surface area contributed by atoms with Crippen LogP contribution in [0.5, 0.6) is 0 Å². The quantitative estimate of drug-likeness (QED) is 0.905. The molecule has 0 radical (unpaired) electrons. The van der Waals surface area contributed by atoms with Gasteiger partial charge in [-0.2, -0.15) is 5.26 Å². The minimum Gasteiger partial charge on any atom is -0.367 e. The zero-order valence-electron chi connectivity index (χ0n) is 11.3. The molecule has 102 valence electrons. The van der Waals surface area contributed by atoms with Crippen molar-refractivity contribution in [1.29, 1.82) is 5.26 Å². The van der Waals surface area contributed by atoms with Gasteiger partial charge in [0.1, 0.15) is 11.4 Å². The number of anilines is 1. The van der Waals surface area contributed by atoms with E-state index in [0.717, 1.165) is 44.6 Å². The molecule has 1 heterocycles. The fourth-order valence-corrected chi connectivity index (χ4v) is 2.55. The molecule has 19 heavy (non-hydrogen) atoms. The lowest BCUT2D eigenvalue weighted by atomic mass is 9.88. The van der Waals surface area contributed by atoms with Crippen molar-refractivity contribution in [3.8, 4) is 6.07 Å². The predicted molar refractivity (Wildman–Crippen MR) is 74.3 cm³/mol. The van der Waals surface area contributed by atoms with Crippen molar-refractivity contribution in [2.75, 3.05) is 25.0 Å². The van der Waals surface area contributed by atoms with Crippen LogP contribution in [0.1, 0.15) is 26.2 Å². The Morgan fingerprint density at radius 1 is 1.32 bits per heavy atom. The number of halogens is 1. The Balaban J connectivity index is 2.01. The van der Waals surface area contributed by atoms with Gasteiger partial charge in [-0.1, -0.05) is 6.92 Å². The summed E-state index contributed by atoms with van der Waals surface area (Å²) in [4.78, 5) is 2.39. The number of nitriles is 1. The highest BCUT2D eigenvalue weighted by atomic mass is 19.1. The van der Waals surface area contributed by atoms with Crippen LogP contribution in [-0.4, -0.2) is 30.1 Å². The number of hydrogen-bond acceptors (Lipinski definition) is 3. The molecule has 1 N–H and O–H groups in total. The third-order valence-electron chi connectivity index (χ3n) is 3.69. The van der Waals surface area contributed by atoms with Gasteiger partial charge in [-0.05, 0) is 50.1 Å². The van der Waals surface area contributed by atoms with Crippen molar-refractivity contribution in [2.24, 2.45) is 0 Å². The number of likely N-dealkylation sites (tertiary alicyclic amines) is 1. The molecule has 3 nitrogen and oxygen atoms in total. The number of nitrogens with zero attached hydrogens (tertiary/aromatic N) is 2. The van der Waals surface area contributed by atoms with Gasteiger partial charge in [0.15, 0.2) is 0 Å². The average molecular weight is 261 g/mol. The van der Waals surface area contributed by atoms with Crippen LogP contribution >= 0.6 is 0 Å². The third-order valence-corrected chi connectivity index (χ3v) is 3.69. The molecule has 1 aromatic rings. The SMILES string of the molecule is CCCN1CCC(C#N)(Nc2ccc(F)cc2)CC1. The lowest BCUT2D eigenvalue weighted by Gasteiger charge is -2.38. The minimum atomic E-state index is -0.512. The topological polar surface area (TPSA) is 39.1 Å². The maximum absolute atomic E-state index is 12.9. The predicted octanol–water partition coefficient (Wildman–Crippen LogP) is 3.01. The molecule has 0 amide bonds. The first-order valence-corrected chi connectivity index (χ1v) is 6.85. The van der Waals surface area contributed by atoms with Crippen LogP contribution < -0.4 is 5.32 Å². The second kappa shape index (κ2) is 6.03. The first-order chi connectivity index (χ1) is 9.17. The van der Waals surface area contributed by atoms with Crippen molar-refractivity contribution in [2.45, 2.75) is 31.7 Å². The minimum absolute atomic E-state index is 0.255. The Morgan fingerprint density at radius 3 is 2.47 bits per heavy atom. The van der Waals surface area contributed by atoms with E-state index in [1.165, 1.54) is 12.1 Å². The Labute approximate surface area is 114 Å². The number of nitrogens with one attached hydrogen (secondary N) is 1. The second-order valence-electron chi connectivity index (χ2n) is 5.17. The summed E-state index contributed by atoms with van der Waals surface area (Å²) >= 11 is 0. The first kappa shape index (κ1) is 13.8. The monoisotopic (exact) mass is 261 g/mol. The third kappa shape index (κ3) is 3.45. The van der Waals surface area contributed by atoms with Crippen LogP contribution in [-0.2, 0) is 0 Å². The Bertz CT molecular complexity index is 441. The molecule has 0 spiro atoms. The molecular weight excluding hydrogens is 241 g/mol. The van der Waals surface area contributed by atoms with Crippen molar-refractivity contribution in [1.82, 2.24) is 4.90 Å². The lowest BCUT2D eigenvalue weighted by Crippen LogP contribution is -2.48. The van der Waals surface area contributed by atoms with E-state index in [1.54, 1.807) is 12.1 Å². The van der Waals surface area contributed by atoms with E-state index in [1.807, 2.05) is 0 Å². The van der Waals surface area contributed by atoms with E-state index in [9.17, 15) is 9.65 Å².